The molecule has 1 unspecified atom stereocenters. The van der Waals surface area contributed by atoms with Crippen LogP contribution in [0.2, 0.25) is 0 Å². The highest BCUT2D eigenvalue weighted by atomic mass is 16.5. The summed E-state index contributed by atoms with van der Waals surface area (Å²) in [5, 5.41) is 3.64. The fourth-order valence-electron chi connectivity index (χ4n) is 2.46. The van der Waals surface area contributed by atoms with Crippen LogP contribution in [0.25, 0.3) is 0 Å². The zero-order valence-corrected chi connectivity index (χ0v) is 12.1. The highest BCUT2D eigenvalue weighted by Gasteiger charge is 2.26. The summed E-state index contributed by atoms with van der Waals surface area (Å²) in [5.41, 5.74) is 7.14. The van der Waals surface area contributed by atoms with Crippen molar-refractivity contribution in [3.8, 4) is 5.75 Å². The van der Waals surface area contributed by atoms with E-state index in [0.29, 0.717) is 6.54 Å². The van der Waals surface area contributed by atoms with Crippen LogP contribution in [0, 0.1) is 5.92 Å². The van der Waals surface area contributed by atoms with Crippen molar-refractivity contribution < 1.29 is 4.74 Å². The van der Waals surface area contributed by atoms with Crippen LogP contribution in [-0.2, 0) is 6.42 Å². The summed E-state index contributed by atoms with van der Waals surface area (Å²) in [4.78, 5) is 0. The number of nitrogens with one attached hydrogen (secondary N) is 1. The third-order valence-corrected chi connectivity index (χ3v) is 4.02. The molecule has 0 radical (unpaired) electrons. The minimum absolute atomic E-state index is 0.0521. The first kappa shape index (κ1) is 14.4. The lowest BCUT2D eigenvalue weighted by Gasteiger charge is -2.30. The van der Waals surface area contributed by atoms with E-state index in [1.807, 2.05) is 12.1 Å². The van der Waals surface area contributed by atoms with Crippen LogP contribution in [0.4, 0.5) is 0 Å². The van der Waals surface area contributed by atoms with Gasteiger partial charge in [0.1, 0.15) is 5.75 Å². The first-order valence-corrected chi connectivity index (χ1v) is 7.24. The number of methoxy groups -OCH3 is 1. The van der Waals surface area contributed by atoms with Gasteiger partial charge in [-0.3, -0.25) is 0 Å². The maximum absolute atomic E-state index is 5.98. The molecule has 2 rings (SSSR count). The fraction of sp³-hybridized carbons (Fsp3) is 0.625. The van der Waals surface area contributed by atoms with Crippen LogP contribution in [0.3, 0.4) is 0 Å². The molecule has 0 amide bonds. The normalized spacial score (nSPS) is 18.1. The Balaban J connectivity index is 1.94. The number of hydrogen-bond acceptors (Lipinski definition) is 3. The fourth-order valence-corrected chi connectivity index (χ4v) is 2.46. The monoisotopic (exact) mass is 262 g/mol. The average molecular weight is 262 g/mol. The van der Waals surface area contributed by atoms with Crippen molar-refractivity contribution in [2.75, 3.05) is 20.2 Å². The second-order valence-corrected chi connectivity index (χ2v) is 5.91. The van der Waals surface area contributed by atoms with E-state index < -0.39 is 0 Å². The first-order valence-electron chi connectivity index (χ1n) is 7.24. The number of para-hydroxylation sites is 1. The number of benzene rings is 1. The van der Waals surface area contributed by atoms with Crippen LogP contribution in [0.5, 0.6) is 5.75 Å². The van der Waals surface area contributed by atoms with Gasteiger partial charge in [0.05, 0.1) is 7.11 Å². The lowest BCUT2D eigenvalue weighted by molar-refractivity contribution is 0.345. The molecule has 3 heteroatoms. The van der Waals surface area contributed by atoms with Crippen molar-refractivity contribution >= 4 is 0 Å². The molecule has 0 spiro atoms. The molecule has 1 aromatic rings. The molecule has 1 aliphatic rings. The SMILES string of the molecule is COc1ccccc1CC(C)(CN)NCCC1CC1. The molecule has 1 fully saturated rings. The van der Waals surface area contributed by atoms with Crippen LogP contribution >= 0.6 is 0 Å². The quantitative estimate of drug-likeness (QED) is 0.756. The lowest BCUT2D eigenvalue weighted by atomic mass is 9.92. The van der Waals surface area contributed by atoms with Gasteiger partial charge >= 0.3 is 0 Å². The van der Waals surface area contributed by atoms with Gasteiger partial charge in [0.2, 0.25) is 0 Å². The summed E-state index contributed by atoms with van der Waals surface area (Å²) in [7, 11) is 1.72. The lowest BCUT2D eigenvalue weighted by Crippen LogP contribution is -2.50. The minimum Gasteiger partial charge on any atom is -0.496 e. The van der Waals surface area contributed by atoms with E-state index in [9.17, 15) is 0 Å². The summed E-state index contributed by atoms with van der Waals surface area (Å²) < 4.78 is 5.42. The van der Waals surface area contributed by atoms with E-state index in [4.69, 9.17) is 10.5 Å². The Morgan fingerprint density at radius 3 is 2.74 bits per heavy atom. The standard InChI is InChI=1S/C16H26N2O/c1-16(12-17,18-10-9-13-7-8-13)11-14-5-3-4-6-15(14)19-2/h3-6,13,18H,7-12,17H2,1-2H3. The van der Waals surface area contributed by atoms with Gasteiger partial charge in [-0.1, -0.05) is 31.0 Å². The van der Waals surface area contributed by atoms with Crippen LogP contribution in [0.1, 0.15) is 31.7 Å². The molecule has 1 aromatic carbocycles. The van der Waals surface area contributed by atoms with Gasteiger partial charge in [-0.05, 0) is 43.9 Å². The zero-order chi connectivity index (χ0) is 13.7. The van der Waals surface area contributed by atoms with Crippen molar-refractivity contribution in [1.82, 2.24) is 5.32 Å². The average Bonchev–Trinajstić information content (AvgIpc) is 3.23. The molecule has 0 saturated heterocycles. The van der Waals surface area contributed by atoms with Gasteiger partial charge in [0, 0.05) is 12.1 Å². The molecule has 19 heavy (non-hydrogen) atoms. The Labute approximate surface area is 116 Å². The molecule has 106 valence electrons. The summed E-state index contributed by atoms with van der Waals surface area (Å²) >= 11 is 0. The van der Waals surface area contributed by atoms with Gasteiger partial charge < -0.3 is 15.8 Å². The first-order chi connectivity index (χ1) is 9.17. The highest BCUT2D eigenvalue weighted by molar-refractivity contribution is 5.34. The molecule has 0 heterocycles. The summed E-state index contributed by atoms with van der Waals surface area (Å²) in [6.07, 6.45) is 5.00. The van der Waals surface area contributed by atoms with E-state index >= 15 is 0 Å². The highest BCUT2D eigenvalue weighted by Crippen LogP contribution is 2.32. The van der Waals surface area contributed by atoms with E-state index in [2.05, 4.69) is 24.4 Å². The van der Waals surface area contributed by atoms with E-state index in [-0.39, 0.29) is 5.54 Å². The molecule has 1 saturated carbocycles. The van der Waals surface area contributed by atoms with Crippen LogP contribution in [0.15, 0.2) is 24.3 Å². The van der Waals surface area contributed by atoms with Gasteiger partial charge in [-0.2, -0.15) is 0 Å². The van der Waals surface area contributed by atoms with Crippen molar-refractivity contribution in [3.63, 3.8) is 0 Å². The molecule has 1 atom stereocenters. The maximum atomic E-state index is 5.98. The topological polar surface area (TPSA) is 47.3 Å². The molecular formula is C16H26N2O. The molecule has 3 N–H and O–H groups in total. The Morgan fingerprint density at radius 2 is 2.11 bits per heavy atom. The molecule has 0 aromatic heterocycles. The van der Waals surface area contributed by atoms with Crippen molar-refractivity contribution in [1.29, 1.82) is 0 Å². The summed E-state index contributed by atoms with van der Waals surface area (Å²) in [5.74, 6) is 1.91. The molecule has 0 bridgehead atoms. The van der Waals surface area contributed by atoms with Gasteiger partial charge in [0.15, 0.2) is 0 Å². The van der Waals surface area contributed by atoms with Gasteiger partial charge in [-0.25, -0.2) is 0 Å². The van der Waals surface area contributed by atoms with Crippen LogP contribution in [-0.4, -0.2) is 25.7 Å². The van der Waals surface area contributed by atoms with Crippen molar-refractivity contribution in [2.45, 2.75) is 38.1 Å². The van der Waals surface area contributed by atoms with Crippen molar-refractivity contribution in [2.24, 2.45) is 11.7 Å². The third kappa shape index (κ3) is 4.22. The Kier molecular flexibility index (Phi) is 4.83. The molecule has 1 aliphatic carbocycles. The minimum atomic E-state index is -0.0521. The Hall–Kier alpha value is -1.06. The third-order valence-electron chi connectivity index (χ3n) is 4.02. The Bertz CT molecular complexity index is 403. The van der Waals surface area contributed by atoms with E-state index in [0.717, 1.165) is 24.6 Å². The predicted molar refractivity (Wildman–Crippen MR) is 79.5 cm³/mol. The maximum Gasteiger partial charge on any atom is 0.122 e. The zero-order valence-electron chi connectivity index (χ0n) is 12.1. The summed E-state index contributed by atoms with van der Waals surface area (Å²) in [6, 6.07) is 8.19. The molecule has 0 aliphatic heterocycles. The second kappa shape index (κ2) is 6.40. The smallest absolute Gasteiger partial charge is 0.122 e. The van der Waals surface area contributed by atoms with E-state index in [1.165, 1.54) is 24.8 Å². The second-order valence-electron chi connectivity index (χ2n) is 5.91. The molecular weight excluding hydrogens is 236 g/mol. The van der Waals surface area contributed by atoms with Gasteiger partial charge in [0.25, 0.3) is 0 Å². The predicted octanol–water partition coefficient (Wildman–Crippen LogP) is 2.34. The van der Waals surface area contributed by atoms with Crippen LogP contribution < -0.4 is 15.8 Å². The number of rotatable bonds is 8. The number of nitrogens with two attached hydrogens (primary N) is 1. The number of hydrogen-bond donors (Lipinski definition) is 2. The number of ether oxygens (including phenoxy) is 1. The van der Waals surface area contributed by atoms with Gasteiger partial charge in [-0.15, -0.1) is 0 Å². The Morgan fingerprint density at radius 1 is 1.37 bits per heavy atom. The van der Waals surface area contributed by atoms with E-state index in [1.54, 1.807) is 7.11 Å². The largest absolute Gasteiger partial charge is 0.496 e. The van der Waals surface area contributed by atoms with Crippen molar-refractivity contribution in [3.05, 3.63) is 29.8 Å². The summed E-state index contributed by atoms with van der Waals surface area (Å²) in [6.45, 7) is 3.90. The molecule has 3 nitrogen and oxygen atoms in total.